The number of anilines is 2. The molecule has 1 aromatic carbocycles. The van der Waals surface area contributed by atoms with Crippen LogP contribution in [0.4, 0.5) is 11.5 Å². The van der Waals surface area contributed by atoms with Crippen molar-refractivity contribution in [3.63, 3.8) is 0 Å². The fraction of sp³-hybridized carbons (Fsp3) is 0.200. The number of amides is 1. The van der Waals surface area contributed by atoms with Crippen molar-refractivity contribution in [2.45, 2.75) is 13.8 Å². The number of aromatic nitrogens is 3. The van der Waals surface area contributed by atoms with E-state index in [2.05, 4.69) is 9.97 Å². The first-order valence-corrected chi connectivity index (χ1v) is 7.14. The number of halogens is 1. The molecule has 0 atom stereocenters. The molecule has 2 aromatic heterocycles. The molecule has 3 aromatic rings. The van der Waals surface area contributed by atoms with Crippen molar-refractivity contribution >= 4 is 40.1 Å². The molecule has 23 heavy (non-hydrogen) atoms. The Morgan fingerprint density at radius 2 is 2.04 bits per heavy atom. The van der Waals surface area contributed by atoms with Gasteiger partial charge < -0.3 is 4.42 Å². The van der Waals surface area contributed by atoms with Gasteiger partial charge in [-0.05, 0) is 18.6 Å². The van der Waals surface area contributed by atoms with Crippen LogP contribution >= 0.6 is 11.6 Å². The van der Waals surface area contributed by atoms with Crippen molar-refractivity contribution in [2.75, 3.05) is 4.90 Å². The Hall–Kier alpha value is -2.67. The largest absolute Gasteiger partial charge is 0.419 e. The van der Waals surface area contributed by atoms with Crippen molar-refractivity contribution in [2.24, 2.45) is 7.05 Å². The minimum atomic E-state index is -0.459. The van der Waals surface area contributed by atoms with Gasteiger partial charge in [0.25, 0.3) is 0 Å². The Kier molecular flexibility index (Phi) is 3.65. The first kappa shape index (κ1) is 15.2. The summed E-state index contributed by atoms with van der Waals surface area (Å²) in [7, 11) is 1.63. The topological polar surface area (TPSA) is 81.2 Å². The van der Waals surface area contributed by atoms with Gasteiger partial charge in [0, 0.05) is 26.1 Å². The number of carbonyl (C=O) groups is 1. The number of carbonyl (C=O) groups excluding carboxylic acids is 1. The Balaban J connectivity index is 2.23. The third-order valence-corrected chi connectivity index (χ3v) is 3.68. The fourth-order valence-corrected chi connectivity index (χ4v) is 2.68. The molecule has 0 N–H and O–H groups in total. The number of fused-ring (bicyclic) bond motifs is 1. The standard InChI is InChI=1S/C15H13ClN4O3/c1-8-4-10(5-11-14(8)19(3)15(22)23-11)20(9(2)21)13-6-12(16)17-7-18-13/h4-7H,1-3H3. The third-order valence-electron chi connectivity index (χ3n) is 3.48. The average molecular weight is 333 g/mol. The van der Waals surface area contributed by atoms with Crippen molar-refractivity contribution in [3.05, 3.63) is 45.8 Å². The van der Waals surface area contributed by atoms with E-state index in [9.17, 15) is 9.59 Å². The van der Waals surface area contributed by atoms with Gasteiger partial charge in [0.1, 0.15) is 17.3 Å². The fourth-order valence-electron chi connectivity index (χ4n) is 2.54. The Bertz CT molecular complexity index is 977. The van der Waals surface area contributed by atoms with E-state index in [-0.39, 0.29) is 11.1 Å². The summed E-state index contributed by atoms with van der Waals surface area (Å²) in [5, 5.41) is 0.227. The van der Waals surface area contributed by atoms with Gasteiger partial charge in [-0.3, -0.25) is 14.3 Å². The molecule has 0 bridgehead atoms. The lowest BCUT2D eigenvalue weighted by Gasteiger charge is -2.20. The van der Waals surface area contributed by atoms with Crippen LogP contribution in [0.3, 0.4) is 0 Å². The number of hydrogen-bond donors (Lipinski definition) is 0. The van der Waals surface area contributed by atoms with Crippen LogP contribution in [0.5, 0.6) is 0 Å². The molecule has 0 unspecified atom stereocenters. The number of rotatable bonds is 2. The smallest absolute Gasteiger partial charge is 0.408 e. The normalized spacial score (nSPS) is 11.0. The Labute approximate surface area is 136 Å². The monoisotopic (exact) mass is 332 g/mol. The second-order valence-electron chi connectivity index (χ2n) is 5.09. The summed E-state index contributed by atoms with van der Waals surface area (Å²) < 4.78 is 6.65. The number of oxazole rings is 1. The number of benzene rings is 1. The summed E-state index contributed by atoms with van der Waals surface area (Å²) >= 11 is 5.88. The molecular formula is C15H13ClN4O3. The van der Waals surface area contributed by atoms with Gasteiger partial charge in [-0.2, -0.15) is 0 Å². The van der Waals surface area contributed by atoms with Crippen molar-refractivity contribution in [1.82, 2.24) is 14.5 Å². The molecule has 0 saturated carbocycles. The van der Waals surface area contributed by atoms with Crippen molar-refractivity contribution < 1.29 is 9.21 Å². The van der Waals surface area contributed by atoms with E-state index in [0.717, 1.165) is 5.56 Å². The molecule has 0 fully saturated rings. The summed E-state index contributed by atoms with van der Waals surface area (Å²) in [6.45, 7) is 3.25. The Morgan fingerprint density at radius 3 is 2.70 bits per heavy atom. The van der Waals surface area contributed by atoms with Gasteiger partial charge in [0.2, 0.25) is 5.91 Å². The second kappa shape index (κ2) is 5.51. The van der Waals surface area contributed by atoms with Crippen molar-refractivity contribution in [1.29, 1.82) is 0 Å². The molecule has 7 nitrogen and oxygen atoms in total. The molecule has 0 aliphatic carbocycles. The third kappa shape index (κ3) is 2.59. The summed E-state index contributed by atoms with van der Waals surface area (Å²) in [5.41, 5.74) is 2.42. The van der Waals surface area contributed by atoms with Crippen LogP contribution in [0.1, 0.15) is 12.5 Å². The zero-order valence-electron chi connectivity index (χ0n) is 12.7. The van der Waals surface area contributed by atoms with Gasteiger partial charge in [0.15, 0.2) is 5.58 Å². The molecule has 0 aliphatic heterocycles. The van der Waals surface area contributed by atoms with Crippen LogP contribution < -0.4 is 10.7 Å². The van der Waals surface area contributed by atoms with E-state index in [0.29, 0.717) is 22.6 Å². The van der Waals surface area contributed by atoms with Crippen LogP contribution in [0.15, 0.2) is 33.7 Å². The zero-order valence-corrected chi connectivity index (χ0v) is 13.5. The zero-order chi connectivity index (χ0) is 16.7. The maximum Gasteiger partial charge on any atom is 0.419 e. The number of nitrogens with zero attached hydrogens (tertiary/aromatic N) is 4. The highest BCUT2D eigenvalue weighted by Crippen LogP contribution is 2.30. The lowest BCUT2D eigenvalue weighted by molar-refractivity contribution is -0.115. The first-order valence-electron chi connectivity index (χ1n) is 6.77. The molecule has 0 saturated heterocycles. The van der Waals surface area contributed by atoms with E-state index >= 15 is 0 Å². The molecule has 118 valence electrons. The van der Waals surface area contributed by atoms with E-state index in [1.54, 1.807) is 19.2 Å². The maximum absolute atomic E-state index is 12.1. The van der Waals surface area contributed by atoms with Gasteiger partial charge in [0.05, 0.1) is 11.2 Å². The average Bonchev–Trinajstić information content (AvgIpc) is 2.74. The highest BCUT2D eigenvalue weighted by Gasteiger charge is 2.19. The van der Waals surface area contributed by atoms with E-state index in [4.69, 9.17) is 16.0 Å². The minimum absolute atomic E-state index is 0.227. The van der Waals surface area contributed by atoms with Gasteiger partial charge in [-0.25, -0.2) is 14.8 Å². The summed E-state index contributed by atoms with van der Waals surface area (Å²) in [6, 6.07) is 4.90. The quantitative estimate of drug-likeness (QED) is 0.674. The summed E-state index contributed by atoms with van der Waals surface area (Å²) in [4.78, 5) is 33.1. The molecular weight excluding hydrogens is 320 g/mol. The second-order valence-corrected chi connectivity index (χ2v) is 5.48. The van der Waals surface area contributed by atoms with E-state index in [1.807, 2.05) is 6.92 Å². The van der Waals surface area contributed by atoms with Crippen molar-refractivity contribution in [3.8, 4) is 0 Å². The van der Waals surface area contributed by atoms with Crippen LogP contribution in [0, 0.1) is 6.92 Å². The Morgan fingerprint density at radius 1 is 1.30 bits per heavy atom. The van der Waals surface area contributed by atoms with E-state index < -0.39 is 5.76 Å². The van der Waals surface area contributed by atoms with Gasteiger partial charge >= 0.3 is 5.76 Å². The molecule has 0 aliphatic rings. The highest BCUT2D eigenvalue weighted by atomic mass is 35.5. The SMILES string of the molecule is CC(=O)N(c1cc(C)c2c(c1)oc(=O)n2C)c1cc(Cl)ncn1. The first-order chi connectivity index (χ1) is 10.9. The molecule has 3 rings (SSSR count). The summed E-state index contributed by atoms with van der Waals surface area (Å²) in [6.07, 6.45) is 1.28. The van der Waals surface area contributed by atoms with Gasteiger partial charge in [-0.1, -0.05) is 11.6 Å². The number of aryl methyl sites for hydroxylation is 2. The number of hydrogen-bond acceptors (Lipinski definition) is 5. The van der Waals surface area contributed by atoms with E-state index in [1.165, 1.54) is 28.8 Å². The predicted octanol–water partition coefficient (Wildman–Crippen LogP) is 2.57. The maximum atomic E-state index is 12.1. The lowest BCUT2D eigenvalue weighted by atomic mass is 10.1. The highest BCUT2D eigenvalue weighted by molar-refractivity contribution is 6.29. The molecule has 8 heteroatoms. The molecule has 0 radical (unpaired) electrons. The van der Waals surface area contributed by atoms with Crippen LogP contribution in [-0.4, -0.2) is 20.4 Å². The summed E-state index contributed by atoms with van der Waals surface area (Å²) in [5.74, 6) is -0.369. The molecule has 2 heterocycles. The van der Waals surface area contributed by atoms with Gasteiger partial charge in [-0.15, -0.1) is 0 Å². The van der Waals surface area contributed by atoms with Crippen LogP contribution in [0.2, 0.25) is 5.15 Å². The minimum Gasteiger partial charge on any atom is -0.408 e. The molecule has 0 spiro atoms. The predicted molar refractivity (Wildman–Crippen MR) is 86.1 cm³/mol. The molecule has 1 amide bonds. The van der Waals surface area contributed by atoms with Crippen LogP contribution in [0.25, 0.3) is 11.1 Å². The van der Waals surface area contributed by atoms with Crippen LogP contribution in [-0.2, 0) is 11.8 Å². The lowest BCUT2D eigenvalue weighted by Crippen LogP contribution is -2.24.